The number of carbonyl (C=O) groups excluding carboxylic acids is 2. The van der Waals surface area contributed by atoms with Gasteiger partial charge in [-0.05, 0) is 61.4 Å². The van der Waals surface area contributed by atoms with Gasteiger partial charge < -0.3 is 33.9 Å². The molecule has 0 aliphatic carbocycles. The number of hydrogen-bond acceptors (Lipinski definition) is 12. The van der Waals surface area contributed by atoms with Gasteiger partial charge in [-0.1, -0.05) is 13.8 Å². The Kier molecular flexibility index (Phi) is 10.2. The van der Waals surface area contributed by atoms with Crippen LogP contribution < -0.4 is 14.2 Å². The van der Waals surface area contributed by atoms with Crippen molar-refractivity contribution < 1.29 is 43.5 Å². The lowest BCUT2D eigenvalue weighted by molar-refractivity contribution is -0.149. The van der Waals surface area contributed by atoms with Gasteiger partial charge in [0.1, 0.15) is 28.7 Å². The molecule has 0 bridgehead atoms. The van der Waals surface area contributed by atoms with E-state index in [0.717, 1.165) is 0 Å². The van der Waals surface area contributed by atoms with Crippen LogP contribution in [0.15, 0.2) is 60.7 Å². The minimum absolute atomic E-state index is 0.112. The van der Waals surface area contributed by atoms with E-state index in [0.29, 0.717) is 24.2 Å². The second-order valence-corrected chi connectivity index (χ2v) is 9.47. The number of ether oxygens (including phenoxy) is 5. The summed E-state index contributed by atoms with van der Waals surface area (Å²) in [6.45, 7) is 3.55. The average molecular weight is 604 g/mol. The zero-order valence-electron chi connectivity index (χ0n) is 24.9. The maximum absolute atomic E-state index is 12.0. The third kappa shape index (κ3) is 7.14. The molecular weight excluding hydrogens is 570 g/mol. The van der Waals surface area contributed by atoms with Crippen LogP contribution in [0, 0.1) is 0 Å². The van der Waals surface area contributed by atoms with Gasteiger partial charge in [0.2, 0.25) is 0 Å². The summed E-state index contributed by atoms with van der Waals surface area (Å²) in [6, 6.07) is 16.0. The normalized spacial score (nSPS) is 12.1. The number of carbonyl (C=O) groups is 2. The van der Waals surface area contributed by atoms with Gasteiger partial charge >= 0.3 is 11.9 Å². The Labute approximate surface area is 254 Å². The molecule has 0 aliphatic rings. The van der Waals surface area contributed by atoms with E-state index >= 15 is 0 Å². The molecule has 2 atom stereocenters. The number of benzene rings is 3. The molecule has 1 heterocycles. The van der Waals surface area contributed by atoms with Crippen molar-refractivity contribution in [1.29, 1.82) is 0 Å². The van der Waals surface area contributed by atoms with Gasteiger partial charge in [-0.2, -0.15) is 0 Å². The Bertz CT molecular complexity index is 1530. The molecule has 2 N–H and O–H groups in total. The van der Waals surface area contributed by atoms with Gasteiger partial charge in [0.05, 0.1) is 32.5 Å². The summed E-state index contributed by atoms with van der Waals surface area (Å²) in [7, 11) is 4.11. The molecule has 2 unspecified atom stereocenters. The van der Waals surface area contributed by atoms with Crippen LogP contribution in [0.3, 0.4) is 0 Å². The molecule has 230 valence electrons. The summed E-state index contributed by atoms with van der Waals surface area (Å²) in [5.74, 6) is 0.145. The summed E-state index contributed by atoms with van der Waals surface area (Å²) in [6.07, 6.45) is -0.949. The Morgan fingerprint density at radius 1 is 0.636 bits per heavy atom. The fourth-order valence-electron chi connectivity index (χ4n) is 4.22. The average Bonchev–Trinajstić information content (AvgIpc) is 3.05. The van der Waals surface area contributed by atoms with Crippen LogP contribution in [-0.2, 0) is 19.1 Å². The SMILES string of the molecule is CCC(Oc1ccc(-c2nc(-c3ccc(OC)cc3)nc(-c3ccc(OC(CC)C(=O)OC)cc3O)n2)c(O)c1)C(=O)OC. The molecule has 0 spiro atoms. The highest BCUT2D eigenvalue weighted by atomic mass is 16.6. The summed E-state index contributed by atoms with van der Waals surface area (Å²) >= 11 is 0. The third-order valence-electron chi connectivity index (χ3n) is 6.63. The van der Waals surface area contributed by atoms with E-state index < -0.39 is 24.1 Å². The van der Waals surface area contributed by atoms with Gasteiger partial charge in [-0.15, -0.1) is 0 Å². The number of aromatic nitrogens is 3. The monoisotopic (exact) mass is 603 g/mol. The van der Waals surface area contributed by atoms with Crippen molar-refractivity contribution in [3.05, 3.63) is 60.7 Å². The van der Waals surface area contributed by atoms with E-state index in [-0.39, 0.29) is 51.6 Å². The van der Waals surface area contributed by atoms with Gasteiger partial charge in [-0.25, -0.2) is 24.5 Å². The Morgan fingerprint density at radius 2 is 1.05 bits per heavy atom. The Morgan fingerprint density at radius 3 is 1.41 bits per heavy atom. The number of phenolic OH excluding ortho intramolecular Hbond substituents is 2. The molecule has 0 saturated heterocycles. The second kappa shape index (κ2) is 14.2. The molecule has 4 rings (SSSR count). The second-order valence-electron chi connectivity index (χ2n) is 9.47. The number of esters is 2. The highest BCUT2D eigenvalue weighted by Crippen LogP contribution is 2.36. The molecule has 3 aromatic carbocycles. The molecule has 0 amide bonds. The van der Waals surface area contributed by atoms with Crippen LogP contribution in [0.4, 0.5) is 0 Å². The van der Waals surface area contributed by atoms with E-state index in [1.807, 2.05) is 0 Å². The van der Waals surface area contributed by atoms with Crippen molar-refractivity contribution >= 4 is 11.9 Å². The lowest BCUT2D eigenvalue weighted by Gasteiger charge is -2.16. The summed E-state index contributed by atoms with van der Waals surface area (Å²) in [4.78, 5) is 37.7. The molecule has 12 nitrogen and oxygen atoms in total. The molecule has 4 aromatic rings. The van der Waals surface area contributed by atoms with Crippen LogP contribution >= 0.6 is 0 Å². The first-order chi connectivity index (χ1) is 21.2. The standard InChI is InChI=1S/C32H33N3O9/c1-6-26(31(38)41-4)43-20-12-14-22(24(36)16-20)29-33-28(18-8-10-19(40-3)11-9-18)34-30(35-29)23-15-13-21(17-25(23)37)44-27(7-2)32(39)42-5/h8-17,26-27,36-37H,6-7H2,1-5H3. The molecule has 0 saturated carbocycles. The van der Waals surface area contributed by atoms with Gasteiger partial charge in [-0.3, -0.25) is 0 Å². The van der Waals surface area contributed by atoms with Crippen LogP contribution in [0.2, 0.25) is 0 Å². The number of rotatable bonds is 12. The van der Waals surface area contributed by atoms with Gasteiger partial charge in [0.15, 0.2) is 29.7 Å². The predicted octanol–water partition coefficient (Wildman–Crippen LogP) is 4.95. The third-order valence-corrected chi connectivity index (χ3v) is 6.63. The number of aromatic hydroxyl groups is 2. The number of hydrogen-bond donors (Lipinski definition) is 2. The van der Waals surface area contributed by atoms with Crippen molar-refractivity contribution in [3.8, 4) is 62.9 Å². The molecule has 0 aliphatic heterocycles. The van der Waals surface area contributed by atoms with E-state index in [2.05, 4.69) is 15.0 Å². The van der Waals surface area contributed by atoms with Crippen LogP contribution in [0.1, 0.15) is 26.7 Å². The minimum Gasteiger partial charge on any atom is -0.507 e. The molecule has 1 aromatic heterocycles. The first-order valence-electron chi connectivity index (χ1n) is 13.8. The van der Waals surface area contributed by atoms with Crippen molar-refractivity contribution in [2.24, 2.45) is 0 Å². The Balaban J connectivity index is 1.77. The smallest absolute Gasteiger partial charge is 0.347 e. The number of phenols is 2. The van der Waals surface area contributed by atoms with Crippen molar-refractivity contribution in [3.63, 3.8) is 0 Å². The summed E-state index contributed by atoms with van der Waals surface area (Å²) in [5.41, 5.74) is 1.14. The molecule has 12 heteroatoms. The minimum atomic E-state index is -0.842. The lowest BCUT2D eigenvalue weighted by Crippen LogP contribution is -2.27. The number of nitrogens with zero attached hydrogens (tertiary/aromatic N) is 3. The lowest BCUT2D eigenvalue weighted by atomic mass is 10.1. The topological polar surface area (TPSA) is 159 Å². The fraction of sp³-hybridized carbons (Fsp3) is 0.281. The highest BCUT2D eigenvalue weighted by molar-refractivity contribution is 5.76. The zero-order valence-corrected chi connectivity index (χ0v) is 24.9. The van der Waals surface area contributed by atoms with Crippen LogP contribution in [-0.4, -0.2) is 70.6 Å². The summed E-state index contributed by atoms with van der Waals surface area (Å²) < 4.78 is 26.2. The van der Waals surface area contributed by atoms with Crippen molar-refractivity contribution in [1.82, 2.24) is 15.0 Å². The zero-order chi connectivity index (χ0) is 31.8. The van der Waals surface area contributed by atoms with Crippen molar-refractivity contribution in [2.45, 2.75) is 38.9 Å². The maximum atomic E-state index is 12.0. The predicted molar refractivity (Wildman–Crippen MR) is 159 cm³/mol. The van der Waals surface area contributed by atoms with Gasteiger partial charge in [0.25, 0.3) is 0 Å². The Hall–Kier alpha value is -5.39. The molecule has 0 fully saturated rings. The quantitative estimate of drug-likeness (QED) is 0.210. The molecule has 44 heavy (non-hydrogen) atoms. The largest absolute Gasteiger partial charge is 0.507 e. The van der Waals surface area contributed by atoms with E-state index in [4.69, 9.17) is 23.7 Å². The van der Waals surface area contributed by atoms with Crippen LogP contribution in [0.5, 0.6) is 28.7 Å². The van der Waals surface area contributed by atoms with Crippen molar-refractivity contribution in [2.75, 3.05) is 21.3 Å². The van der Waals surface area contributed by atoms with E-state index in [9.17, 15) is 19.8 Å². The fourth-order valence-corrected chi connectivity index (χ4v) is 4.22. The maximum Gasteiger partial charge on any atom is 0.347 e. The van der Waals surface area contributed by atoms with E-state index in [1.54, 1.807) is 69.5 Å². The van der Waals surface area contributed by atoms with Gasteiger partial charge in [0, 0.05) is 17.7 Å². The highest BCUT2D eigenvalue weighted by Gasteiger charge is 2.22. The van der Waals surface area contributed by atoms with Crippen LogP contribution in [0.25, 0.3) is 34.2 Å². The molecular formula is C32H33N3O9. The number of methoxy groups -OCH3 is 3. The molecule has 0 radical (unpaired) electrons. The van der Waals surface area contributed by atoms with E-state index in [1.165, 1.54) is 26.4 Å². The summed E-state index contributed by atoms with van der Waals surface area (Å²) in [5, 5.41) is 21.9. The first kappa shape index (κ1) is 31.5. The first-order valence-corrected chi connectivity index (χ1v) is 13.8.